The van der Waals surface area contributed by atoms with E-state index in [2.05, 4.69) is 14.8 Å². The number of aliphatic hydroxyl groups is 7. The molecule has 0 bridgehead atoms. The Bertz CT molecular complexity index is 1260. The number of carbonyl (C=O) groups is 2. The van der Waals surface area contributed by atoms with Crippen LogP contribution in [0.5, 0.6) is 5.75 Å². The van der Waals surface area contributed by atoms with E-state index in [0.717, 1.165) is 6.92 Å². The van der Waals surface area contributed by atoms with Gasteiger partial charge in [0.25, 0.3) is 5.79 Å². The molecule has 2 fully saturated rings. The predicted octanol–water partition coefficient (Wildman–Crippen LogP) is -6.48. The summed E-state index contributed by atoms with van der Waals surface area (Å²) in [4.78, 5) is 58.0. The molecule has 1 aromatic rings. The van der Waals surface area contributed by atoms with Gasteiger partial charge in [-0.05, 0) is 0 Å². The summed E-state index contributed by atoms with van der Waals surface area (Å²) in [6.45, 7) is -0.852. The number of nitrogens with one attached hydrogen (secondary N) is 1. The molecule has 0 saturated carbocycles. The lowest BCUT2D eigenvalue weighted by Gasteiger charge is -2.45. The highest BCUT2D eigenvalue weighted by Gasteiger charge is 2.55. The van der Waals surface area contributed by atoms with Crippen molar-refractivity contribution in [1.82, 2.24) is 14.9 Å². The van der Waals surface area contributed by atoms with Gasteiger partial charge in [0.2, 0.25) is 5.91 Å². The Morgan fingerprint density at radius 1 is 1.29 bits per heavy atom. The first-order valence-corrected chi connectivity index (χ1v) is 13.6. The maximum absolute atomic E-state index is 12.8. The van der Waals surface area contributed by atoms with Gasteiger partial charge in [-0.15, -0.1) is 0 Å². The maximum Gasteiger partial charge on any atom is 0.524 e. The van der Waals surface area contributed by atoms with Crippen molar-refractivity contribution < 1.29 is 78.4 Å². The fourth-order valence-electron chi connectivity index (χ4n) is 4.34. The number of esters is 1. The third-order valence-electron chi connectivity index (χ3n) is 6.35. The van der Waals surface area contributed by atoms with Crippen molar-refractivity contribution >= 4 is 25.5 Å². The molecule has 3 rings (SSSR count). The predicted molar refractivity (Wildman–Crippen MR) is 130 cm³/mol. The van der Waals surface area contributed by atoms with Crippen molar-refractivity contribution in [2.75, 3.05) is 18.9 Å². The first kappa shape index (κ1) is 33.7. The number of aliphatic hydroxyl groups excluding tert-OH is 6. The van der Waals surface area contributed by atoms with E-state index >= 15 is 0 Å². The lowest BCUT2D eigenvalue weighted by atomic mass is 9.88. The number of anilines is 1. The van der Waals surface area contributed by atoms with E-state index in [1.54, 1.807) is 0 Å². The van der Waals surface area contributed by atoms with Gasteiger partial charge in [0, 0.05) is 13.3 Å². The smallest absolute Gasteiger partial charge is 0.459 e. The van der Waals surface area contributed by atoms with Gasteiger partial charge in [-0.25, -0.2) is 14.2 Å². The SMILES string of the molecule is CC(=O)N[C@H]1[C@H]([C@H](O)[C@H](O)CO)O[C@](O)(C(=O)OC[C@H]2O[C@@H](n3cc(OP(=O)(O)O)c(N)nc3=O)[C@H](O)[C@@H]2O)C[C@@H]1O. The average molecular weight is 630 g/mol. The second kappa shape index (κ2) is 12.8. The van der Waals surface area contributed by atoms with Crippen molar-refractivity contribution in [1.29, 1.82) is 0 Å². The van der Waals surface area contributed by atoms with Crippen LogP contribution in [0, 0.1) is 0 Å². The molecule has 0 radical (unpaired) electrons. The Morgan fingerprint density at radius 2 is 1.93 bits per heavy atom. The molecule has 1 aromatic heterocycles. The molecular weight excluding hydrogens is 599 g/mol. The number of ether oxygens (including phenoxy) is 3. The van der Waals surface area contributed by atoms with Crippen LogP contribution in [0.25, 0.3) is 0 Å². The molecule has 42 heavy (non-hydrogen) atoms. The molecule has 2 saturated heterocycles. The normalized spacial score (nSPS) is 33.0. The summed E-state index contributed by atoms with van der Waals surface area (Å²) < 4.78 is 31.5. The fraction of sp³-hybridized carbons (Fsp3) is 0.700. The van der Waals surface area contributed by atoms with E-state index < -0.39 is 117 Å². The Labute approximate surface area is 234 Å². The van der Waals surface area contributed by atoms with Gasteiger partial charge < -0.3 is 65.5 Å². The molecular formula is C20H31N4O17P. The monoisotopic (exact) mass is 630 g/mol. The molecule has 3 heterocycles. The summed E-state index contributed by atoms with van der Waals surface area (Å²) in [5, 5.41) is 73.7. The zero-order chi connectivity index (χ0) is 31.7. The number of carbonyl (C=O) groups excluding carboxylic acids is 2. The van der Waals surface area contributed by atoms with Gasteiger partial charge >= 0.3 is 19.5 Å². The molecule has 21 nitrogen and oxygen atoms in total. The number of hydrogen-bond acceptors (Lipinski definition) is 17. The Morgan fingerprint density at radius 3 is 2.50 bits per heavy atom. The minimum atomic E-state index is -5.16. The molecule has 0 unspecified atom stereocenters. The number of nitrogen functional groups attached to an aromatic ring is 1. The van der Waals surface area contributed by atoms with Crippen LogP contribution >= 0.6 is 7.82 Å². The first-order valence-electron chi connectivity index (χ1n) is 12.0. The number of hydrogen-bond donors (Lipinski definition) is 11. The van der Waals surface area contributed by atoms with E-state index in [9.17, 15) is 49.6 Å². The summed E-state index contributed by atoms with van der Waals surface area (Å²) in [7, 11) is -5.16. The number of phosphoric ester groups is 1. The fourth-order valence-corrected chi connectivity index (χ4v) is 4.74. The van der Waals surface area contributed by atoms with Gasteiger partial charge in [0.05, 0.1) is 24.9 Å². The molecule has 10 atom stereocenters. The zero-order valence-corrected chi connectivity index (χ0v) is 22.5. The first-order chi connectivity index (χ1) is 19.4. The highest BCUT2D eigenvalue weighted by atomic mass is 31.2. The molecule has 22 heteroatoms. The van der Waals surface area contributed by atoms with Crippen LogP contribution in [-0.2, 0) is 28.4 Å². The molecule has 0 aromatic carbocycles. The van der Waals surface area contributed by atoms with Crippen LogP contribution in [0.3, 0.4) is 0 Å². The topological polar surface area (TPSA) is 343 Å². The van der Waals surface area contributed by atoms with Crippen molar-refractivity contribution in [2.45, 2.75) is 74.1 Å². The molecule has 0 spiro atoms. The third kappa shape index (κ3) is 7.40. The molecule has 2 aliphatic heterocycles. The Hall–Kier alpha value is -2.79. The van der Waals surface area contributed by atoms with Gasteiger partial charge in [-0.2, -0.15) is 4.98 Å². The van der Waals surface area contributed by atoms with Crippen LogP contribution in [0.2, 0.25) is 0 Å². The Balaban J connectivity index is 1.76. The lowest BCUT2D eigenvalue weighted by molar-refractivity contribution is -0.298. The quantitative estimate of drug-likeness (QED) is 0.0845. The van der Waals surface area contributed by atoms with Crippen molar-refractivity contribution in [3.63, 3.8) is 0 Å². The highest BCUT2D eigenvalue weighted by Crippen LogP contribution is 2.40. The molecule has 1 amide bonds. The van der Waals surface area contributed by atoms with Gasteiger partial charge in [0.1, 0.15) is 43.2 Å². The van der Waals surface area contributed by atoms with E-state index in [-0.39, 0.29) is 0 Å². The van der Waals surface area contributed by atoms with E-state index in [4.69, 9.17) is 34.8 Å². The molecule has 2 aliphatic rings. The Kier molecular flexibility index (Phi) is 10.3. The van der Waals surface area contributed by atoms with Crippen molar-refractivity contribution in [2.24, 2.45) is 0 Å². The second-order valence-corrected chi connectivity index (χ2v) is 10.7. The van der Waals surface area contributed by atoms with Gasteiger partial charge in [-0.3, -0.25) is 19.1 Å². The number of amides is 1. The van der Waals surface area contributed by atoms with Crippen LogP contribution in [-0.4, -0.2) is 135 Å². The summed E-state index contributed by atoms with van der Waals surface area (Å²) in [6, 6.07) is -1.45. The average Bonchev–Trinajstić information content (AvgIpc) is 3.16. The minimum absolute atomic E-state index is 0.492. The largest absolute Gasteiger partial charge is 0.524 e. The zero-order valence-electron chi connectivity index (χ0n) is 21.6. The van der Waals surface area contributed by atoms with Crippen LogP contribution in [0.15, 0.2) is 11.0 Å². The molecule has 12 N–H and O–H groups in total. The van der Waals surface area contributed by atoms with Gasteiger partial charge in [-0.1, -0.05) is 0 Å². The summed E-state index contributed by atoms with van der Waals surface area (Å²) in [5.74, 6) is -6.78. The van der Waals surface area contributed by atoms with Crippen molar-refractivity contribution in [3.05, 3.63) is 16.7 Å². The van der Waals surface area contributed by atoms with Gasteiger partial charge in [0.15, 0.2) is 17.8 Å². The standard InChI is InChI=1S/C20H31N4O17P/c1-6(26)22-11-7(27)2-20(34,40-15(11)12(29)8(28)4-25)18(32)38-5-10-13(30)14(31)17(39-10)24-3-9(41-42(35,36)37)16(21)23-19(24)33/h3,7-8,10-15,17,25,27-31,34H,2,4-5H2,1H3,(H,22,26)(H2,21,23,33)(H2,35,36,37)/t7-,8+,10+,11+,12+,13+,14+,15+,17+,20-/m0/s1. The van der Waals surface area contributed by atoms with Crippen LogP contribution < -0.4 is 21.3 Å². The summed E-state index contributed by atoms with van der Waals surface area (Å²) in [5.41, 5.74) is 4.23. The number of aromatic nitrogens is 2. The summed E-state index contributed by atoms with van der Waals surface area (Å²) >= 11 is 0. The van der Waals surface area contributed by atoms with E-state index in [1.807, 2.05) is 0 Å². The number of phosphoric acid groups is 1. The molecule has 238 valence electrons. The molecule has 0 aliphatic carbocycles. The number of nitrogens with two attached hydrogens (primary N) is 1. The number of nitrogens with zero attached hydrogens (tertiary/aromatic N) is 2. The van der Waals surface area contributed by atoms with Crippen LogP contribution in [0.4, 0.5) is 5.82 Å². The van der Waals surface area contributed by atoms with E-state index in [1.165, 1.54) is 0 Å². The van der Waals surface area contributed by atoms with Crippen molar-refractivity contribution in [3.8, 4) is 5.75 Å². The highest BCUT2D eigenvalue weighted by molar-refractivity contribution is 7.46. The van der Waals surface area contributed by atoms with Crippen LogP contribution in [0.1, 0.15) is 19.6 Å². The lowest BCUT2D eigenvalue weighted by Crippen LogP contribution is -2.67. The van der Waals surface area contributed by atoms with E-state index in [0.29, 0.717) is 10.8 Å². The third-order valence-corrected chi connectivity index (χ3v) is 6.78. The summed E-state index contributed by atoms with van der Waals surface area (Å²) in [6.07, 6.45) is -14.9. The maximum atomic E-state index is 12.8. The minimum Gasteiger partial charge on any atom is -0.459 e. The second-order valence-electron chi connectivity index (χ2n) is 9.51. The number of rotatable bonds is 10.